The molecule has 0 aromatic rings. The standard InChI is InChI=1S/C24H24F2N6OS.C7H14O.C2H6/c1-11-2-3-32(7-11)24-30-5-13-14-8-33-9-15(14)18(20(26)21(13)31-24)22-19-12(4-27)17(28)10-34-23(19)16(25)6-29-22;1-2-4-7-5-3-6-8-7;1-2/h5-6,11,21-22,29H,2-3,7-10,28H2,1H3,(H,30,31);7H,2-6H2,1H3;1-2H3. The Kier molecular flexibility index (Phi) is 10.5. The van der Waals surface area contributed by atoms with E-state index in [0.717, 1.165) is 42.8 Å². The third-order valence-electron chi connectivity index (χ3n) is 8.78. The van der Waals surface area contributed by atoms with Crippen LogP contribution >= 0.6 is 11.8 Å². The molecule has 2 saturated heterocycles. The summed E-state index contributed by atoms with van der Waals surface area (Å²) >= 11 is 1.23. The molecule has 0 amide bonds. The van der Waals surface area contributed by atoms with Gasteiger partial charge in [0.1, 0.15) is 17.9 Å². The van der Waals surface area contributed by atoms with Gasteiger partial charge in [-0.15, -0.1) is 11.8 Å². The number of halogens is 2. The Balaban J connectivity index is 0.000000332. The predicted molar refractivity (Wildman–Crippen MR) is 171 cm³/mol. The average Bonchev–Trinajstić information content (AvgIpc) is 3.83. The minimum Gasteiger partial charge on any atom is -0.400 e. The van der Waals surface area contributed by atoms with Gasteiger partial charge in [-0.25, -0.2) is 13.8 Å². The number of thioether (sulfide) groups is 1. The number of guanidine groups is 1. The number of ether oxygens (including phenoxy) is 2. The van der Waals surface area contributed by atoms with Crippen molar-refractivity contribution in [2.75, 3.05) is 38.7 Å². The molecule has 7 rings (SSSR count). The number of likely N-dealkylation sites (tertiary alicyclic amines) is 1. The van der Waals surface area contributed by atoms with E-state index in [4.69, 9.17) is 20.2 Å². The lowest BCUT2D eigenvalue weighted by molar-refractivity contribution is 0.103. The van der Waals surface area contributed by atoms with Crippen molar-refractivity contribution in [1.82, 2.24) is 15.5 Å². The quantitative estimate of drug-likeness (QED) is 0.371. The van der Waals surface area contributed by atoms with Gasteiger partial charge in [0.15, 0.2) is 11.8 Å². The second-order valence-corrected chi connectivity index (χ2v) is 12.7. The summed E-state index contributed by atoms with van der Waals surface area (Å²) in [5, 5.41) is 16.1. The molecule has 0 saturated carbocycles. The number of hydrogen-bond acceptors (Lipinski definition) is 9. The van der Waals surface area contributed by atoms with Gasteiger partial charge >= 0.3 is 0 Å². The van der Waals surface area contributed by atoms with Gasteiger partial charge in [-0.3, -0.25) is 0 Å². The van der Waals surface area contributed by atoms with Gasteiger partial charge in [-0.1, -0.05) is 34.1 Å². The Morgan fingerprint density at radius 2 is 1.98 bits per heavy atom. The molecule has 2 fully saturated rings. The molecule has 0 radical (unpaired) electrons. The summed E-state index contributed by atoms with van der Waals surface area (Å²) in [6.07, 6.45) is 9.88. The number of aliphatic imine (C=N–C) groups is 1. The number of dihydropyridines is 1. The zero-order chi connectivity index (χ0) is 31.4. The molecule has 0 aromatic carbocycles. The lowest BCUT2D eigenvalue weighted by atomic mass is 9.78. The Labute approximate surface area is 263 Å². The van der Waals surface area contributed by atoms with Gasteiger partial charge in [0.25, 0.3) is 0 Å². The van der Waals surface area contributed by atoms with Crippen LogP contribution in [-0.4, -0.2) is 67.7 Å². The van der Waals surface area contributed by atoms with Crippen LogP contribution in [0.4, 0.5) is 8.78 Å². The van der Waals surface area contributed by atoms with E-state index in [1.807, 2.05) is 20.0 Å². The lowest BCUT2D eigenvalue weighted by Gasteiger charge is -2.37. The maximum absolute atomic E-state index is 16.4. The molecule has 4 atom stereocenters. The van der Waals surface area contributed by atoms with E-state index in [0.29, 0.717) is 52.1 Å². The summed E-state index contributed by atoms with van der Waals surface area (Å²) in [7, 11) is 0. The van der Waals surface area contributed by atoms with Crippen molar-refractivity contribution in [2.45, 2.75) is 78.0 Å². The number of nitrogens with one attached hydrogen (secondary N) is 2. The number of fused-ring (bicyclic) bond motifs is 2. The molecular weight excluding hydrogens is 582 g/mol. The fourth-order valence-electron chi connectivity index (χ4n) is 6.65. The van der Waals surface area contributed by atoms with Crippen molar-refractivity contribution in [3.63, 3.8) is 0 Å². The second kappa shape index (κ2) is 14.4. The molecule has 1 aliphatic carbocycles. The molecule has 11 heteroatoms. The first kappa shape index (κ1) is 32.3. The predicted octanol–water partition coefficient (Wildman–Crippen LogP) is 5.62. The molecule has 44 heavy (non-hydrogen) atoms. The van der Waals surface area contributed by atoms with Crippen LogP contribution in [0.15, 0.2) is 73.1 Å². The highest BCUT2D eigenvalue weighted by molar-refractivity contribution is 8.03. The third-order valence-corrected chi connectivity index (χ3v) is 9.94. The van der Waals surface area contributed by atoms with Crippen LogP contribution < -0.4 is 16.4 Å². The zero-order valence-electron chi connectivity index (χ0n) is 26.1. The molecule has 6 aliphatic heterocycles. The van der Waals surface area contributed by atoms with Crippen LogP contribution in [0.1, 0.15) is 59.8 Å². The highest BCUT2D eigenvalue weighted by Crippen LogP contribution is 2.48. The van der Waals surface area contributed by atoms with Crippen LogP contribution in [0, 0.1) is 17.2 Å². The molecule has 0 aromatic heterocycles. The smallest absolute Gasteiger partial charge is 0.199 e. The topological polar surface area (TPSA) is 108 Å². The maximum atomic E-state index is 16.4. The lowest BCUT2D eigenvalue weighted by Crippen LogP contribution is -2.44. The van der Waals surface area contributed by atoms with Crippen LogP contribution in [0.2, 0.25) is 0 Å². The highest BCUT2D eigenvalue weighted by atomic mass is 32.2. The highest BCUT2D eigenvalue weighted by Gasteiger charge is 2.44. The molecule has 0 bridgehead atoms. The van der Waals surface area contributed by atoms with Gasteiger partial charge in [-0.05, 0) is 42.7 Å². The minimum atomic E-state index is -0.813. The summed E-state index contributed by atoms with van der Waals surface area (Å²) < 4.78 is 42.3. The molecule has 7 aliphatic rings. The zero-order valence-corrected chi connectivity index (χ0v) is 27.0. The number of nitriles is 1. The van der Waals surface area contributed by atoms with Crippen molar-refractivity contribution in [1.29, 1.82) is 5.26 Å². The van der Waals surface area contributed by atoms with Crippen LogP contribution in [-0.2, 0) is 9.47 Å². The van der Waals surface area contributed by atoms with E-state index in [2.05, 4.69) is 35.5 Å². The van der Waals surface area contributed by atoms with Crippen molar-refractivity contribution < 1.29 is 18.3 Å². The van der Waals surface area contributed by atoms with Crippen molar-refractivity contribution >= 4 is 17.7 Å². The Morgan fingerprint density at radius 1 is 1.18 bits per heavy atom. The number of nitrogens with two attached hydrogens (primary N) is 1. The fourth-order valence-corrected chi connectivity index (χ4v) is 7.66. The third kappa shape index (κ3) is 6.22. The summed E-state index contributed by atoms with van der Waals surface area (Å²) in [5.41, 5.74) is 9.82. The Hall–Kier alpha value is -3.07. The van der Waals surface area contributed by atoms with E-state index in [9.17, 15) is 9.65 Å². The van der Waals surface area contributed by atoms with E-state index in [1.54, 1.807) is 0 Å². The van der Waals surface area contributed by atoms with Gasteiger partial charge in [0.2, 0.25) is 0 Å². The largest absolute Gasteiger partial charge is 0.400 e. The molecule has 4 unspecified atom stereocenters. The van der Waals surface area contributed by atoms with Crippen LogP contribution in [0.5, 0.6) is 0 Å². The van der Waals surface area contributed by atoms with E-state index < -0.39 is 23.7 Å². The molecule has 238 valence electrons. The fraction of sp³-hybridized carbons (Fsp3) is 0.576. The first-order chi connectivity index (χ1) is 21.4. The summed E-state index contributed by atoms with van der Waals surface area (Å²) in [6.45, 7) is 11.7. The Morgan fingerprint density at radius 3 is 2.66 bits per heavy atom. The van der Waals surface area contributed by atoms with Gasteiger partial charge < -0.3 is 30.7 Å². The first-order valence-electron chi connectivity index (χ1n) is 15.9. The number of allylic oxidation sites excluding steroid dienone is 1. The molecule has 4 N–H and O–H groups in total. The summed E-state index contributed by atoms with van der Waals surface area (Å²) in [5.74, 6) is 0.647. The first-order valence-corrected chi connectivity index (χ1v) is 16.9. The second-order valence-electron chi connectivity index (χ2n) is 11.7. The van der Waals surface area contributed by atoms with Crippen molar-refractivity contribution in [3.8, 4) is 6.07 Å². The van der Waals surface area contributed by atoms with Crippen molar-refractivity contribution in [2.24, 2.45) is 16.6 Å². The minimum absolute atomic E-state index is 0.206. The van der Waals surface area contributed by atoms with Crippen LogP contribution in [0.25, 0.3) is 0 Å². The summed E-state index contributed by atoms with van der Waals surface area (Å²) in [4.78, 5) is 7.26. The summed E-state index contributed by atoms with van der Waals surface area (Å²) in [6, 6.07) is 0.550. The molecule has 6 heterocycles. The molecule has 0 spiro atoms. The van der Waals surface area contributed by atoms with Gasteiger partial charge in [0, 0.05) is 60.3 Å². The van der Waals surface area contributed by atoms with Crippen molar-refractivity contribution in [3.05, 3.63) is 68.1 Å². The molecule has 8 nitrogen and oxygen atoms in total. The normalized spacial score (nSPS) is 29.1. The monoisotopic (exact) mass is 626 g/mol. The number of nitrogens with zero attached hydrogens (tertiary/aromatic N) is 3. The van der Waals surface area contributed by atoms with E-state index in [1.165, 1.54) is 43.6 Å². The van der Waals surface area contributed by atoms with Gasteiger partial charge in [-0.2, -0.15) is 5.26 Å². The Bertz CT molecular complexity index is 1400. The van der Waals surface area contributed by atoms with E-state index in [-0.39, 0.29) is 12.2 Å². The number of hydrogen-bond donors (Lipinski definition) is 3. The van der Waals surface area contributed by atoms with Gasteiger partial charge in [0.05, 0.1) is 35.8 Å². The molecular formula is C33H44F2N6O2S. The van der Waals surface area contributed by atoms with Crippen LogP contribution in [0.3, 0.4) is 0 Å². The van der Waals surface area contributed by atoms with E-state index >= 15 is 4.39 Å². The number of rotatable bonds is 3. The average molecular weight is 627 g/mol. The maximum Gasteiger partial charge on any atom is 0.199 e. The SMILES string of the molecule is CC.CC1CCN(C2=NC3C(=CN2)C2=C(COC2)C(C2NC=C(F)C4=C2C(C#N)=C(N)CS4)=C3F)C1.CCCC1CCCO1.